The van der Waals surface area contributed by atoms with Crippen molar-refractivity contribution < 1.29 is 0 Å². The van der Waals surface area contributed by atoms with Crippen molar-refractivity contribution in [2.24, 2.45) is 5.73 Å². The van der Waals surface area contributed by atoms with Gasteiger partial charge in [-0.25, -0.2) is 0 Å². The Bertz CT molecular complexity index is 356. The van der Waals surface area contributed by atoms with Crippen LogP contribution in [0.2, 0.25) is 0 Å². The van der Waals surface area contributed by atoms with Crippen molar-refractivity contribution in [2.45, 2.75) is 32.7 Å². The van der Waals surface area contributed by atoms with Gasteiger partial charge in [0, 0.05) is 24.3 Å². The summed E-state index contributed by atoms with van der Waals surface area (Å²) in [7, 11) is 2.07. The van der Waals surface area contributed by atoms with Crippen molar-refractivity contribution in [3.05, 3.63) is 29.8 Å². The molecule has 1 aromatic carbocycles. The Kier molecular flexibility index (Phi) is 4.35. The lowest BCUT2D eigenvalue weighted by Gasteiger charge is -2.30. The van der Waals surface area contributed by atoms with E-state index in [9.17, 15) is 0 Å². The number of nitrogen functional groups attached to an aromatic ring is 1. The summed E-state index contributed by atoms with van der Waals surface area (Å²) < 4.78 is 0. The Morgan fingerprint density at radius 3 is 2.38 bits per heavy atom. The fraction of sp³-hybridized carbons (Fsp3) is 0.462. The molecule has 0 bridgehead atoms. The van der Waals surface area contributed by atoms with E-state index < -0.39 is 0 Å². The third-order valence-corrected chi connectivity index (χ3v) is 3.06. The van der Waals surface area contributed by atoms with Crippen LogP contribution in [0.3, 0.4) is 0 Å². The quantitative estimate of drug-likeness (QED) is 0.591. The van der Waals surface area contributed by atoms with Gasteiger partial charge in [0.25, 0.3) is 0 Å². The maximum atomic E-state index is 7.58. The maximum absolute atomic E-state index is 7.58. The van der Waals surface area contributed by atoms with Gasteiger partial charge < -0.3 is 10.6 Å². The van der Waals surface area contributed by atoms with E-state index in [1.165, 1.54) is 0 Å². The maximum Gasteiger partial charge on any atom is 0.124 e. The molecule has 0 heterocycles. The summed E-state index contributed by atoms with van der Waals surface area (Å²) in [5, 5.41) is 7.58. The summed E-state index contributed by atoms with van der Waals surface area (Å²) in [4.78, 5) is 2.22. The number of hydrogen-bond acceptors (Lipinski definition) is 2. The molecular formula is C13H21N3. The predicted molar refractivity (Wildman–Crippen MR) is 70.2 cm³/mol. The molecule has 0 radical (unpaired) electrons. The molecule has 0 aliphatic rings. The molecule has 0 amide bonds. The first-order valence-electron chi connectivity index (χ1n) is 5.78. The van der Waals surface area contributed by atoms with Gasteiger partial charge in [-0.15, -0.1) is 0 Å². The third-order valence-electron chi connectivity index (χ3n) is 3.06. The molecule has 0 saturated carbocycles. The Morgan fingerprint density at radius 1 is 1.31 bits per heavy atom. The number of benzene rings is 1. The standard InChI is InChI=1S/C13H21N3/c1-4-10(5-2)16(3)12-9-7-6-8-11(12)13(14)15/h6-10H,4-5H2,1-3H3,(H3,14,15). The zero-order valence-corrected chi connectivity index (χ0v) is 10.3. The molecule has 3 N–H and O–H groups in total. The van der Waals surface area contributed by atoms with Crippen LogP contribution >= 0.6 is 0 Å². The van der Waals surface area contributed by atoms with Crippen molar-refractivity contribution in [1.82, 2.24) is 0 Å². The fourth-order valence-electron chi connectivity index (χ4n) is 2.04. The van der Waals surface area contributed by atoms with E-state index in [4.69, 9.17) is 11.1 Å². The number of hydrogen-bond donors (Lipinski definition) is 2. The van der Waals surface area contributed by atoms with Gasteiger partial charge >= 0.3 is 0 Å². The predicted octanol–water partition coefficient (Wildman–Crippen LogP) is 2.60. The van der Waals surface area contributed by atoms with Crippen LogP contribution in [-0.2, 0) is 0 Å². The number of nitrogens with zero attached hydrogens (tertiary/aromatic N) is 1. The topological polar surface area (TPSA) is 53.1 Å². The highest BCUT2D eigenvalue weighted by atomic mass is 15.1. The minimum Gasteiger partial charge on any atom is -0.384 e. The molecule has 0 spiro atoms. The molecule has 0 fully saturated rings. The molecule has 3 nitrogen and oxygen atoms in total. The molecule has 3 heteroatoms. The number of para-hydroxylation sites is 1. The van der Waals surface area contributed by atoms with Crippen molar-refractivity contribution in [3.8, 4) is 0 Å². The Hall–Kier alpha value is -1.51. The average Bonchev–Trinajstić information content (AvgIpc) is 2.30. The summed E-state index contributed by atoms with van der Waals surface area (Å²) in [6.45, 7) is 4.36. The monoisotopic (exact) mass is 219 g/mol. The minimum absolute atomic E-state index is 0.133. The van der Waals surface area contributed by atoms with Crippen LogP contribution in [0, 0.1) is 5.41 Å². The van der Waals surface area contributed by atoms with Gasteiger partial charge in [-0.2, -0.15) is 0 Å². The highest BCUT2D eigenvalue weighted by Crippen LogP contribution is 2.22. The lowest BCUT2D eigenvalue weighted by Crippen LogP contribution is -2.32. The molecule has 0 saturated heterocycles. The number of nitrogens with one attached hydrogen (secondary N) is 1. The van der Waals surface area contributed by atoms with Gasteiger partial charge in [0.05, 0.1) is 0 Å². The number of amidine groups is 1. The molecule has 1 aromatic rings. The second-order valence-corrected chi connectivity index (χ2v) is 4.01. The SMILES string of the molecule is CCC(CC)N(C)c1ccccc1C(=N)N. The van der Waals surface area contributed by atoms with Crippen LogP contribution in [-0.4, -0.2) is 18.9 Å². The molecule has 0 aliphatic carbocycles. The second-order valence-electron chi connectivity index (χ2n) is 4.01. The molecule has 88 valence electrons. The summed E-state index contributed by atoms with van der Waals surface area (Å²) in [5.41, 5.74) is 7.45. The Balaban J connectivity index is 3.07. The van der Waals surface area contributed by atoms with E-state index in [1.54, 1.807) is 0 Å². The summed E-state index contributed by atoms with van der Waals surface area (Å²) in [5.74, 6) is 0.133. The normalized spacial score (nSPS) is 10.5. The highest BCUT2D eigenvalue weighted by Gasteiger charge is 2.14. The lowest BCUT2D eigenvalue weighted by atomic mass is 10.1. The van der Waals surface area contributed by atoms with Gasteiger partial charge in [0.1, 0.15) is 5.84 Å². The van der Waals surface area contributed by atoms with E-state index in [0.29, 0.717) is 6.04 Å². The first kappa shape index (κ1) is 12.6. The van der Waals surface area contributed by atoms with Crippen LogP contribution in [0.1, 0.15) is 32.3 Å². The van der Waals surface area contributed by atoms with E-state index in [0.717, 1.165) is 24.1 Å². The number of rotatable bonds is 5. The Morgan fingerprint density at radius 2 is 1.88 bits per heavy atom. The number of nitrogens with two attached hydrogens (primary N) is 1. The van der Waals surface area contributed by atoms with Gasteiger partial charge in [0.15, 0.2) is 0 Å². The first-order chi connectivity index (χ1) is 7.61. The van der Waals surface area contributed by atoms with E-state index in [2.05, 4.69) is 25.8 Å². The summed E-state index contributed by atoms with van der Waals surface area (Å²) >= 11 is 0. The molecule has 0 unspecified atom stereocenters. The molecular weight excluding hydrogens is 198 g/mol. The van der Waals surface area contributed by atoms with Crippen molar-refractivity contribution >= 4 is 11.5 Å². The lowest BCUT2D eigenvalue weighted by molar-refractivity contribution is 0.591. The van der Waals surface area contributed by atoms with Gasteiger partial charge in [-0.05, 0) is 25.0 Å². The second kappa shape index (κ2) is 5.54. The average molecular weight is 219 g/mol. The molecule has 1 rings (SSSR count). The van der Waals surface area contributed by atoms with Crippen LogP contribution in [0.25, 0.3) is 0 Å². The van der Waals surface area contributed by atoms with Crippen molar-refractivity contribution in [2.75, 3.05) is 11.9 Å². The zero-order chi connectivity index (χ0) is 12.1. The molecule has 0 aromatic heterocycles. The highest BCUT2D eigenvalue weighted by molar-refractivity contribution is 6.00. The number of anilines is 1. The Labute approximate surface area is 97.8 Å². The van der Waals surface area contributed by atoms with Crippen molar-refractivity contribution in [1.29, 1.82) is 5.41 Å². The smallest absolute Gasteiger partial charge is 0.124 e. The molecule has 16 heavy (non-hydrogen) atoms. The van der Waals surface area contributed by atoms with Crippen molar-refractivity contribution in [3.63, 3.8) is 0 Å². The first-order valence-corrected chi connectivity index (χ1v) is 5.78. The van der Waals surface area contributed by atoms with Crippen LogP contribution in [0.15, 0.2) is 24.3 Å². The van der Waals surface area contributed by atoms with E-state index >= 15 is 0 Å². The van der Waals surface area contributed by atoms with Gasteiger partial charge in [-0.1, -0.05) is 26.0 Å². The van der Waals surface area contributed by atoms with Gasteiger partial charge in [-0.3, -0.25) is 5.41 Å². The van der Waals surface area contributed by atoms with E-state index in [-0.39, 0.29) is 5.84 Å². The summed E-state index contributed by atoms with van der Waals surface area (Å²) in [6, 6.07) is 8.33. The van der Waals surface area contributed by atoms with Crippen LogP contribution < -0.4 is 10.6 Å². The largest absolute Gasteiger partial charge is 0.384 e. The third kappa shape index (κ3) is 2.54. The molecule has 0 atom stereocenters. The minimum atomic E-state index is 0.133. The fourth-order valence-corrected chi connectivity index (χ4v) is 2.04. The summed E-state index contributed by atoms with van der Waals surface area (Å²) in [6.07, 6.45) is 2.19. The molecule has 0 aliphatic heterocycles. The zero-order valence-electron chi connectivity index (χ0n) is 10.3. The van der Waals surface area contributed by atoms with Crippen LogP contribution in [0.4, 0.5) is 5.69 Å². The van der Waals surface area contributed by atoms with E-state index in [1.807, 2.05) is 24.3 Å². The van der Waals surface area contributed by atoms with Crippen LogP contribution in [0.5, 0.6) is 0 Å². The van der Waals surface area contributed by atoms with Gasteiger partial charge in [0.2, 0.25) is 0 Å².